The summed E-state index contributed by atoms with van der Waals surface area (Å²) in [6, 6.07) is 7.57. The van der Waals surface area contributed by atoms with E-state index in [9.17, 15) is 5.11 Å². The van der Waals surface area contributed by atoms with Gasteiger partial charge in [0.25, 0.3) is 0 Å². The molecule has 0 aliphatic carbocycles. The van der Waals surface area contributed by atoms with Crippen molar-refractivity contribution in [2.75, 3.05) is 0 Å². The molecule has 0 fully saturated rings. The molecular formula is C15H22BrNO. The highest BCUT2D eigenvalue weighted by Crippen LogP contribution is 2.23. The molecule has 2 nitrogen and oxygen atoms in total. The predicted molar refractivity (Wildman–Crippen MR) is 82.4 cm³/mol. The average Bonchev–Trinajstić information content (AvgIpc) is 2.37. The Labute approximate surface area is 119 Å². The number of aliphatic hydroxyl groups is 1. The monoisotopic (exact) mass is 311 g/mol. The molecule has 0 aliphatic heterocycles. The second-order valence-electron chi connectivity index (χ2n) is 3.03. The summed E-state index contributed by atoms with van der Waals surface area (Å²) in [5.41, 5.74) is 2.06. The van der Waals surface area contributed by atoms with Crippen molar-refractivity contribution in [2.45, 2.75) is 41.5 Å². The number of nitriles is 1. The molecule has 1 aromatic carbocycles. The Hall–Kier alpha value is -1.27. The average molecular weight is 312 g/mol. The second kappa shape index (κ2) is 10.9. The van der Waals surface area contributed by atoms with Gasteiger partial charge >= 0.3 is 0 Å². The fourth-order valence-electron chi connectivity index (χ4n) is 1.24. The van der Waals surface area contributed by atoms with Gasteiger partial charge in [0.1, 0.15) is 11.8 Å². The van der Waals surface area contributed by atoms with Crippen LogP contribution in [0, 0.1) is 18.3 Å². The van der Waals surface area contributed by atoms with E-state index in [0.29, 0.717) is 5.57 Å². The largest absolute Gasteiger partial charge is 0.511 e. The Morgan fingerprint density at radius 2 is 1.72 bits per heavy atom. The van der Waals surface area contributed by atoms with Crippen LogP contribution in [0.25, 0.3) is 5.57 Å². The first-order valence-electron chi connectivity index (χ1n) is 6.12. The third-order valence-electron chi connectivity index (χ3n) is 1.93. The summed E-state index contributed by atoms with van der Waals surface area (Å²) in [6.45, 7) is 11.4. The van der Waals surface area contributed by atoms with E-state index in [0.717, 1.165) is 15.6 Å². The molecule has 0 unspecified atom stereocenters. The van der Waals surface area contributed by atoms with Gasteiger partial charge in [-0.3, -0.25) is 0 Å². The first-order valence-corrected chi connectivity index (χ1v) is 6.92. The van der Waals surface area contributed by atoms with E-state index >= 15 is 0 Å². The smallest absolute Gasteiger partial charge is 0.107 e. The first-order chi connectivity index (χ1) is 8.56. The highest BCUT2D eigenvalue weighted by molar-refractivity contribution is 9.10. The lowest BCUT2D eigenvalue weighted by atomic mass is 10.0. The van der Waals surface area contributed by atoms with Gasteiger partial charge in [0, 0.05) is 4.47 Å². The third kappa shape index (κ3) is 5.88. The second-order valence-corrected chi connectivity index (χ2v) is 3.95. The van der Waals surface area contributed by atoms with E-state index in [1.807, 2.05) is 58.9 Å². The van der Waals surface area contributed by atoms with E-state index in [4.69, 9.17) is 5.26 Å². The molecule has 0 aromatic heterocycles. The van der Waals surface area contributed by atoms with Gasteiger partial charge in [-0.15, -0.1) is 0 Å². The summed E-state index contributed by atoms with van der Waals surface area (Å²) in [7, 11) is 0. The maximum atomic E-state index is 9.30. The van der Waals surface area contributed by atoms with Crippen LogP contribution in [-0.4, -0.2) is 5.11 Å². The predicted octanol–water partition coefficient (Wildman–Crippen LogP) is 5.62. The van der Waals surface area contributed by atoms with Crippen molar-refractivity contribution in [3.05, 3.63) is 39.6 Å². The van der Waals surface area contributed by atoms with Crippen LogP contribution in [0.1, 0.15) is 45.7 Å². The van der Waals surface area contributed by atoms with Gasteiger partial charge in [0.05, 0.1) is 5.57 Å². The Kier molecular flexibility index (Phi) is 11.5. The molecule has 0 radical (unpaired) electrons. The standard InChI is InChI=1S/C11H10BrNO.2C2H6/c1-7-5-9(12)3-4-10(7)11(6-13)8(2)14;2*1-2/h3-5,14H,1-2H3;2*1-2H3/b11-8+;;. The number of hydrogen-bond donors (Lipinski definition) is 1. The number of allylic oxidation sites excluding steroid dienone is 2. The maximum Gasteiger partial charge on any atom is 0.107 e. The SMILES string of the molecule is C/C(O)=C(/C#N)c1ccc(Br)cc1C.CC.CC. The molecule has 0 saturated heterocycles. The summed E-state index contributed by atoms with van der Waals surface area (Å²) in [4.78, 5) is 0. The van der Waals surface area contributed by atoms with E-state index in [-0.39, 0.29) is 5.76 Å². The molecule has 0 spiro atoms. The van der Waals surface area contributed by atoms with Crippen LogP contribution in [-0.2, 0) is 0 Å². The zero-order valence-electron chi connectivity index (χ0n) is 12.0. The minimum absolute atomic E-state index is 0.0536. The lowest BCUT2D eigenvalue weighted by molar-refractivity contribution is 0.418. The zero-order chi connectivity index (χ0) is 14.7. The lowest BCUT2D eigenvalue weighted by Gasteiger charge is -2.05. The molecule has 0 amide bonds. The molecule has 100 valence electrons. The highest BCUT2D eigenvalue weighted by Gasteiger charge is 2.07. The minimum Gasteiger partial charge on any atom is -0.511 e. The van der Waals surface area contributed by atoms with Crippen molar-refractivity contribution in [3.8, 4) is 6.07 Å². The fourth-order valence-corrected chi connectivity index (χ4v) is 1.72. The quantitative estimate of drug-likeness (QED) is 0.540. The first kappa shape index (κ1) is 19.1. The molecular weight excluding hydrogens is 290 g/mol. The summed E-state index contributed by atoms with van der Waals surface area (Å²) < 4.78 is 0.964. The molecule has 18 heavy (non-hydrogen) atoms. The molecule has 3 heteroatoms. The number of benzene rings is 1. The molecule has 0 atom stereocenters. The molecule has 0 saturated carbocycles. The minimum atomic E-state index is 0.0536. The molecule has 1 rings (SSSR count). The van der Waals surface area contributed by atoms with Crippen molar-refractivity contribution in [1.82, 2.24) is 0 Å². The number of hydrogen-bond acceptors (Lipinski definition) is 2. The number of rotatable bonds is 1. The lowest BCUT2D eigenvalue weighted by Crippen LogP contribution is -1.90. The van der Waals surface area contributed by atoms with Crippen LogP contribution in [0.15, 0.2) is 28.4 Å². The van der Waals surface area contributed by atoms with Crippen LogP contribution in [0.2, 0.25) is 0 Å². The number of aliphatic hydroxyl groups excluding tert-OH is 1. The van der Waals surface area contributed by atoms with Gasteiger partial charge in [-0.2, -0.15) is 5.26 Å². The van der Waals surface area contributed by atoms with Crippen molar-refractivity contribution >= 4 is 21.5 Å². The Balaban J connectivity index is 0. The van der Waals surface area contributed by atoms with Crippen LogP contribution in [0.5, 0.6) is 0 Å². The van der Waals surface area contributed by atoms with Crippen LogP contribution in [0.3, 0.4) is 0 Å². The van der Waals surface area contributed by atoms with Gasteiger partial charge in [0.2, 0.25) is 0 Å². The maximum absolute atomic E-state index is 9.30. The Morgan fingerprint density at radius 1 is 1.22 bits per heavy atom. The van der Waals surface area contributed by atoms with E-state index in [1.165, 1.54) is 6.92 Å². The van der Waals surface area contributed by atoms with Crippen molar-refractivity contribution < 1.29 is 5.11 Å². The topological polar surface area (TPSA) is 44.0 Å². The Morgan fingerprint density at radius 3 is 2.06 bits per heavy atom. The summed E-state index contributed by atoms with van der Waals surface area (Å²) in [5, 5.41) is 18.2. The number of halogens is 1. The van der Waals surface area contributed by atoms with Gasteiger partial charge in [-0.25, -0.2) is 0 Å². The molecule has 1 aromatic rings. The fraction of sp³-hybridized carbons (Fsp3) is 0.400. The van der Waals surface area contributed by atoms with Crippen LogP contribution in [0.4, 0.5) is 0 Å². The number of nitrogens with zero attached hydrogens (tertiary/aromatic N) is 1. The third-order valence-corrected chi connectivity index (χ3v) is 2.42. The van der Waals surface area contributed by atoms with Crippen molar-refractivity contribution in [3.63, 3.8) is 0 Å². The molecule has 0 heterocycles. The van der Waals surface area contributed by atoms with E-state index in [2.05, 4.69) is 15.9 Å². The van der Waals surface area contributed by atoms with Crippen molar-refractivity contribution in [2.24, 2.45) is 0 Å². The summed E-state index contributed by atoms with van der Waals surface area (Å²) in [6.07, 6.45) is 0. The molecule has 0 aliphatic rings. The molecule has 1 N–H and O–H groups in total. The normalized spacial score (nSPS) is 9.89. The molecule has 0 bridgehead atoms. The zero-order valence-corrected chi connectivity index (χ0v) is 13.6. The van der Waals surface area contributed by atoms with Gasteiger partial charge in [-0.1, -0.05) is 49.7 Å². The highest BCUT2D eigenvalue weighted by atomic mass is 79.9. The summed E-state index contributed by atoms with van der Waals surface area (Å²) in [5.74, 6) is 0.0536. The van der Waals surface area contributed by atoms with E-state index < -0.39 is 0 Å². The Bertz CT molecular complexity index is 427. The van der Waals surface area contributed by atoms with Gasteiger partial charge < -0.3 is 5.11 Å². The van der Waals surface area contributed by atoms with Gasteiger partial charge in [-0.05, 0) is 37.1 Å². The van der Waals surface area contributed by atoms with E-state index in [1.54, 1.807) is 0 Å². The summed E-state index contributed by atoms with van der Waals surface area (Å²) >= 11 is 3.34. The van der Waals surface area contributed by atoms with Crippen molar-refractivity contribution in [1.29, 1.82) is 5.26 Å². The van der Waals surface area contributed by atoms with Crippen LogP contribution < -0.4 is 0 Å². The van der Waals surface area contributed by atoms with Gasteiger partial charge in [0.15, 0.2) is 0 Å². The van der Waals surface area contributed by atoms with Crippen LogP contribution >= 0.6 is 15.9 Å². The number of aryl methyl sites for hydroxylation is 1.